The first kappa shape index (κ1) is 22.8. The molecule has 0 radical (unpaired) electrons. The fraction of sp³-hybridized carbons (Fsp3) is 0.240. The van der Waals surface area contributed by atoms with Crippen molar-refractivity contribution in [1.82, 2.24) is 30.0 Å². The van der Waals surface area contributed by atoms with Crippen molar-refractivity contribution in [3.05, 3.63) is 65.1 Å². The zero-order valence-corrected chi connectivity index (χ0v) is 20.1. The Morgan fingerprint density at radius 1 is 1.09 bits per heavy atom. The second-order valence-corrected chi connectivity index (χ2v) is 8.69. The molecular formula is C25H24ClN7O2. The van der Waals surface area contributed by atoms with Crippen LogP contribution in [0.25, 0.3) is 22.2 Å². The van der Waals surface area contributed by atoms with Crippen molar-refractivity contribution in [3.63, 3.8) is 0 Å². The van der Waals surface area contributed by atoms with E-state index in [0.717, 1.165) is 30.6 Å². The van der Waals surface area contributed by atoms with Gasteiger partial charge in [-0.3, -0.25) is 0 Å². The van der Waals surface area contributed by atoms with Crippen molar-refractivity contribution in [3.8, 4) is 22.8 Å². The van der Waals surface area contributed by atoms with Crippen LogP contribution in [0.2, 0.25) is 5.02 Å². The van der Waals surface area contributed by atoms with E-state index in [1.807, 2.05) is 19.1 Å². The van der Waals surface area contributed by atoms with E-state index in [0.29, 0.717) is 51.7 Å². The Morgan fingerprint density at radius 3 is 2.80 bits per heavy atom. The number of hydrogen-bond donors (Lipinski definition) is 2. The molecule has 178 valence electrons. The minimum Gasteiger partial charge on any atom is -0.508 e. The van der Waals surface area contributed by atoms with Crippen LogP contribution in [0.5, 0.6) is 11.6 Å². The standard InChI is InChI=1S/C25H24ClN7O2/c1-15-11-17(19-13-18(34)5-6-20(19)26)12-21-24(15)30-25(32-31-21)29-22-14-23(28-16(2)27-22)35-10-9-33-7-3-4-8-33/h3,5-7,11-14,34H,4,8-10H2,1-2H3,(H,27,28,29,30,32). The molecule has 0 bridgehead atoms. The summed E-state index contributed by atoms with van der Waals surface area (Å²) in [6.45, 7) is 6.09. The van der Waals surface area contributed by atoms with Crippen LogP contribution in [0.1, 0.15) is 17.8 Å². The zero-order chi connectivity index (χ0) is 24.4. The molecule has 1 aliphatic rings. The number of nitrogens with one attached hydrogen (secondary N) is 1. The zero-order valence-electron chi connectivity index (χ0n) is 19.4. The predicted molar refractivity (Wildman–Crippen MR) is 135 cm³/mol. The van der Waals surface area contributed by atoms with Crippen LogP contribution in [0.3, 0.4) is 0 Å². The Labute approximate surface area is 207 Å². The van der Waals surface area contributed by atoms with E-state index in [2.05, 4.69) is 47.6 Å². The molecule has 35 heavy (non-hydrogen) atoms. The van der Waals surface area contributed by atoms with Crippen molar-refractivity contribution < 1.29 is 9.84 Å². The first-order valence-corrected chi connectivity index (χ1v) is 11.6. The molecule has 0 saturated heterocycles. The SMILES string of the molecule is Cc1nc(Nc2nnc3cc(-c4cc(O)ccc4Cl)cc(C)c3n2)cc(OCCN2C=CCC2)n1. The van der Waals surface area contributed by atoms with Gasteiger partial charge in [0.2, 0.25) is 11.8 Å². The highest BCUT2D eigenvalue weighted by Gasteiger charge is 2.12. The van der Waals surface area contributed by atoms with Crippen LogP contribution < -0.4 is 10.1 Å². The Balaban J connectivity index is 1.35. The number of anilines is 2. The van der Waals surface area contributed by atoms with Gasteiger partial charge in [-0.2, -0.15) is 4.98 Å². The van der Waals surface area contributed by atoms with Gasteiger partial charge < -0.3 is 20.1 Å². The lowest BCUT2D eigenvalue weighted by Gasteiger charge is -2.15. The van der Waals surface area contributed by atoms with Gasteiger partial charge in [-0.05, 0) is 67.9 Å². The van der Waals surface area contributed by atoms with E-state index >= 15 is 0 Å². The summed E-state index contributed by atoms with van der Waals surface area (Å²) in [4.78, 5) is 15.6. The topological polar surface area (TPSA) is 109 Å². The summed E-state index contributed by atoms with van der Waals surface area (Å²) in [5.74, 6) is 2.04. The molecule has 0 spiro atoms. The maximum Gasteiger partial charge on any atom is 0.248 e. The van der Waals surface area contributed by atoms with E-state index in [9.17, 15) is 5.11 Å². The molecule has 1 aliphatic heterocycles. The lowest BCUT2D eigenvalue weighted by Crippen LogP contribution is -2.21. The summed E-state index contributed by atoms with van der Waals surface area (Å²) >= 11 is 6.34. The van der Waals surface area contributed by atoms with Crippen molar-refractivity contribution in [1.29, 1.82) is 0 Å². The Kier molecular flexibility index (Phi) is 6.33. The van der Waals surface area contributed by atoms with Crippen LogP contribution in [0, 0.1) is 13.8 Å². The third-order valence-electron chi connectivity index (χ3n) is 5.59. The Morgan fingerprint density at radius 2 is 1.97 bits per heavy atom. The fourth-order valence-corrected chi connectivity index (χ4v) is 4.17. The number of ether oxygens (including phenoxy) is 1. The summed E-state index contributed by atoms with van der Waals surface area (Å²) in [5, 5.41) is 22.1. The molecule has 5 rings (SSSR count). The molecule has 0 atom stereocenters. The molecule has 2 N–H and O–H groups in total. The second kappa shape index (κ2) is 9.71. The molecule has 3 heterocycles. The maximum atomic E-state index is 9.86. The van der Waals surface area contributed by atoms with Crippen molar-refractivity contribution in [2.75, 3.05) is 25.0 Å². The fourth-order valence-electron chi connectivity index (χ4n) is 3.94. The molecule has 0 aliphatic carbocycles. The van der Waals surface area contributed by atoms with Crippen molar-refractivity contribution in [2.24, 2.45) is 0 Å². The molecule has 0 unspecified atom stereocenters. The maximum absolute atomic E-state index is 9.86. The predicted octanol–water partition coefficient (Wildman–Crippen LogP) is 4.80. The number of fused-ring (bicyclic) bond motifs is 1. The van der Waals surface area contributed by atoms with Crippen molar-refractivity contribution >= 4 is 34.4 Å². The van der Waals surface area contributed by atoms with E-state index in [1.54, 1.807) is 31.2 Å². The normalized spacial score (nSPS) is 12.9. The average Bonchev–Trinajstić information content (AvgIpc) is 3.34. The monoisotopic (exact) mass is 489 g/mol. The number of benzene rings is 2. The van der Waals surface area contributed by atoms with Crippen LogP contribution in [0.15, 0.2) is 48.7 Å². The third kappa shape index (κ3) is 5.25. The smallest absolute Gasteiger partial charge is 0.248 e. The first-order chi connectivity index (χ1) is 16.9. The average molecular weight is 490 g/mol. The summed E-state index contributed by atoms with van der Waals surface area (Å²) in [6.07, 6.45) is 5.32. The lowest BCUT2D eigenvalue weighted by molar-refractivity contribution is 0.254. The molecule has 4 aromatic rings. The summed E-state index contributed by atoms with van der Waals surface area (Å²) in [5.41, 5.74) is 3.75. The van der Waals surface area contributed by atoms with Gasteiger partial charge in [-0.15, -0.1) is 10.2 Å². The van der Waals surface area contributed by atoms with Gasteiger partial charge in [0.25, 0.3) is 0 Å². The van der Waals surface area contributed by atoms with Gasteiger partial charge in [0.05, 0.1) is 12.1 Å². The number of aromatic hydroxyl groups is 1. The van der Waals surface area contributed by atoms with Gasteiger partial charge in [-0.1, -0.05) is 17.7 Å². The number of hydrogen-bond acceptors (Lipinski definition) is 9. The summed E-state index contributed by atoms with van der Waals surface area (Å²) in [6, 6.07) is 10.4. The highest BCUT2D eigenvalue weighted by molar-refractivity contribution is 6.33. The number of aryl methyl sites for hydroxylation is 2. The highest BCUT2D eigenvalue weighted by Crippen LogP contribution is 2.33. The van der Waals surface area contributed by atoms with Crippen LogP contribution in [0.4, 0.5) is 11.8 Å². The van der Waals surface area contributed by atoms with E-state index in [-0.39, 0.29) is 5.75 Å². The number of halogens is 1. The molecule has 2 aromatic heterocycles. The van der Waals surface area contributed by atoms with Crippen LogP contribution in [-0.2, 0) is 0 Å². The number of nitrogens with zero attached hydrogens (tertiary/aromatic N) is 6. The van der Waals surface area contributed by atoms with Gasteiger partial charge in [0, 0.05) is 23.2 Å². The van der Waals surface area contributed by atoms with Gasteiger partial charge in [0.1, 0.15) is 29.5 Å². The van der Waals surface area contributed by atoms with E-state index in [1.165, 1.54) is 0 Å². The lowest BCUT2D eigenvalue weighted by atomic mass is 10.0. The van der Waals surface area contributed by atoms with E-state index in [4.69, 9.17) is 16.3 Å². The summed E-state index contributed by atoms with van der Waals surface area (Å²) < 4.78 is 5.84. The second-order valence-electron chi connectivity index (χ2n) is 8.28. The highest BCUT2D eigenvalue weighted by atomic mass is 35.5. The molecule has 2 aromatic carbocycles. The van der Waals surface area contributed by atoms with Gasteiger partial charge in [-0.25, -0.2) is 9.97 Å². The molecule has 0 fully saturated rings. The largest absolute Gasteiger partial charge is 0.508 e. The molecule has 0 amide bonds. The third-order valence-corrected chi connectivity index (χ3v) is 5.92. The minimum atomic E-state index is 0.141. The number of phenols is 1. The Hall–Kier alpha value is -3.98. The van der Waals surface area contributed by atoms with Crippen molar-refractivity contribution in [2.45, 2.75) is 20.3 Å². The minimum absolute atomic E-state index is 0.141. The first-order valence-electron chi connectivity index (χ1n) is 11.2. The van der Waals surface area contributed by atoms with E-state index < -0.39 is 0 Å². The number of rotatable bonds is 7. The Bertz CT molecular complexity index is 1430. The van der Waals surface area contributed by atoms with Crippen LogP contribution >= 0.6 is 11.6 Å². The van der Waals surface area contributed by atoms with Gasteiger partial charge in [0.15, 0.2) is 0 Å². The molecule has 9 nitrogen and oxygen atoms in total. The molecular weight excluding hydrogens is 466 g/mol. The van der Waals surface area contributed by atoms with Crippen LogP contribution in [-0.4, -0.2) is 54.9 Å². The number of aromatic nitrogens is 5. The summed E-state index contributed by atoms with van der Waals surface area (Å²) in [7, 11) is 0. The van der Waals surface area contributed by atoms with Gasteiger partial charge >= 0.3 is 0 Å². The molecule has 0 saturated carbocycles. The quantitative estimate of drug-likeness (QED) is 0.378. The number of phenolic OH excluding ortho intramolecular Hbond substituents is 1. The molecule has 10 heteroatoms.